The van der Waals surface area contributed by atoms with Gasteiger partial charge in [0, 0.05) is 64.0 Å². The second-order valence-electron chi connectivity index (χ2n) is 8.59. The Hall–Kier alpha value is -3.70. The van der Waals surface area contributed by atoms with Gasteiger partial charge in [0.25, 0.3) is 0 Å². The molecular formula is C25H25F2N7OS. The van der Waals surface area contributed by atoms with Crippen molar-refractivity contribution >= 4 is 44.4 Å². The molecule has 0 unspecified atom stereocenters. The summed E-state index contributed by atoms with van der Waals surface area (Å²) in [5.41, 5.74) is 2.20. The lowest BCUT2D eigenvalue weighted by atomic mass is 10.2. The van der Waals surface area contributed by atoms with Gasteiger partial charge in [0.1, 0.15) is 33.6 Å². The minimum Gasteiger partial charge on any atom is -0.366 e. The quantitative estimate of drug-likeness (QED) is 0.382. The number of anilines is 3. The van der Waals surface area contributed by atoms with Crippen LogP contribution in [0.5, 0.6) is 0 Å². The fourth-order valence-electron chi connectivity index (χ4n) is 4.00. The molecule has 0 spiro atoms. The summed E-state index contributed by atoms with van der Waals surface area (Å²) in [6, 6.07) is 11.1. The Kier molecular flexibility index (Phi) is 7.01. The maximum absolute atomic E-state index is 13.9. The molecule has 1 fully saturated rings. The first-order chi connectivity index (χ1) is 17.4. The van der Waals surface area contributed by atoms with E-state index in [1.807, 2.05) is 29.3 Å². The average molecular weight is 510 g/mol. The fraction of sp³-hybridized carbons (Fsp3) is 0.280. The molecule has 0 saturated carbocycles. The second kappa shape index (κ2) is 10.5. The van der Waals surface area contributed by atoms with E-state index >= 15 is 0 Å². The molecule has 1 aliphatic rings. The number of amides is 1. The van der Waals surface area contributed by atoms with Crippen LogP contribution < -0.4 is 10.6 Å². The predicted octanol–water partition coefficient (Wildman–Crippen LogP) is 4.38. The van der Waals surface area contributed by atoms with E-state index in [4.69, 9.17) is 0 Å². The smallest absolute Gasteiger partial charge is 0.219 e. The molecule has 5 rings (SSSR count). The number of halogens is 2. The van der Waals surface area contributed by atoms with E-state index in [-0.39, 0.29) is 12.5 Å². The molecule has 1 saturated heterocycles. The van der Waals surface area contributed by atoms with Gasteiger partial charge in [0.2, 0.25) is 5.91 Å². The van der Waals surface area contributed by atoms with E-state index < -0.39 is 11.6 Å². The van der Waals surface area contributed by atoms with Crippen molar-refractivity contribution in [2.24, 2.45) is 0 Å². The highest BCUT2D eigenvalue weighted by molar-refractivity contribution is 7.21. The van der Waals surface area contributed by atoms with Crippen molar-refractivity contribution < 1.29 is 13.6 Å². The summed E-state index contributed by atoms with van der Waals surface area (Å²) in [6.45, 7) is 5.82. The molecule has 1 amide bonds. The van der Waals surface area contributed by atoms with E-state index in [0.717, 1.165) is 54.7 Å². The van der Waals surface area contributed by atoms with Gasteiger partial charge in [-0.15, -0.1) is 0 Å². The van der Waals surface area contributed by atoms with Crippen molar-refractivity contribution in [3.05, 3.63) is 71.4 Å². The lowest BCUT2D eigenvalue weighted by molar-refractivity contribution is -0.130. The first kappa shape index (κ1) is 24.0. The number of nitrogens with one attached hydrogen (secondary N) is 2. The normalized spacial score (nSPS) is 14.2. The van der Waals surface area contributed by atoms with Crippen LogP contribution in [-0.4, -0.2) is 56.8 Å². The standard InChI is InChI=1S/C25H25F2N7OS/c1-16(35)34-10-8-33(9-11-34)15-17-2-6-23(28-13-17)32-25-30-21-5-7-22(31-24(21)36-25)29-14-18-3-4-19(26)12-20(18)27/h2-7,12-13H,8-11,14-15H2,1H3,(H,29,31)(H,28,30,32). The van der Waals surface area contributed by atoms with E-state index in [9.17, 15) is 13.6 Å². The average Bonchev–Trinajstić information content (AvgIpc) is 3.26. The fourth-order valence-corrected chi connectivity index (χ4v) is 4.85. The molecule has 36 heavy (non-hydrogen) atoms. The highest BCUT2D eigenvalue weighted by Gasteiger charge is 2.18. The van der Waals surface area contributed by atoms with Crippen molar-refractivity contribution in [3.63, 3.8) is 0 Å². The van der Waals surface area contributed by atoms with Crippen LogP contribution in [-0.2, 0) is 17.9 Å². The van der Waals surface area contributed by atoms with Crippen molar-refractivity contribution in [2.45, 2.75) is 20.0 Å². The zero-order valence-electron chi connectivity index (χ0n) is 19.7. The largest absolute Gasteiger partial charge is 0.366 e. The van der Waals surface area contributed by atoms with E-state index in [1.165, 1.54) is 23.5 Å². The maximum atomic E-state index is 13.9. The number of fused-ring (bicyclic) bond motifs is 1. The van der Waals surface area contributed by atoms with Gasteiger partial charge in [-0.05, 0) is 29.8 Å². The van der Waals surface area contributed by atoms with Crippen LogP contribution in [0.25, 0.3) is 10.3 Å². The van der Waals surface area contributed by atoms with Crippen molar-refractivity contribution in [1.82, 2.24) is 24.8 Å². The number of rotatable bonds is 7. The van der Waals surface area contributed by atoms with E-state index in [1.54, 1.807) is 13.0 Å². The van der Waals surface area contributed by atoms with Crippen LogP contribution in [0.15, 0.2) is 48.7 Å². The van der Waals surface area contributed by atoms with Crippen molar-refractivity contribution in [3.8, 4) is 0 Å². The van der Waals surface area contributed by atoms with E-state index in [0.29, 0.717) is 22.3 Å². The number of hydrogen-bond acceptors (Lipinski definition) is 8. The minimum atomic E-state index is -0.603. The van der Waals surface area contributed by atoms with Crippen molar-refractivity contribution in [1.29, 1.82) is 0 Å². The lowest BCUT2D eigenvalue weighted by Gasteiger charge is -2.34. The Morgan fingerprint density at radius 3 is 2.56 bits per heavy atom. The van der Waals surface area contributed by atoms with Gasteiger partial charge in [-0.3, -0.25) is 9.69 Å². The molecule has 11 heteroatoms. The van der Waals surface area contributed by atoms with Crippen LogP contribution >= 0.6 is 11.3 Å². The molecule has 1 aliphatic heterocycles. The molecule has 3 aromatic heterocycles. The third-order valence-electron chi connectivity index (χ3n) is 6.01. The lowest BCUT2D eigenvalue weighted by Crippen LogP contribution is -2.47. The Balaban J connectivity index is 1.18. The summed E-state index contributed by atoms with van der Waals surface area (Å²) >= 11 is 1.39. The molecule has 4 heterocycles. The van der Waals surface area contributed by atoms with Crippen LogP contribution in [0.1, 0.15) is 18.1 Å². The maximum Gasteiger partial charge on any atom is 0.219 e. The summed E-state index contributed by atoms with van der Waals surface area (Å²) in [4.78, 5) is 30.0. The zero-order chi connectivity index (χ0) is 25.1. The van der Waals surface area contributed by atoms with Gasteiger partial charge in [-0.1, -0.05) is 23.5 Å². The number of carbonyl (C=O) groups excluding carboxylic acids is 1. The number of hydrogen-bond donors (Lipinski definition) is 2. The second-order valence-corrected chi connectivity index (χ2v) is 9.57. The number of carbonyl (C=O) groups is 1. The third-order valence-corrected chi connectivity index (χ3v) is 6.89. The summed E-state index contributed by atoms with van der Waals surface area (Å²) < 4.78 is 27.0. The first-order valence-electron chi connectivity index (χ1n) is 11.6. The van der Waals surface area contributed by atoms with E-state index in [2.05, 4.69) is 30.5 Å². The van der Waals surface area contributed by atoms with Crippen LogP contribution in [0.4, 0.5) is 25.5 Å². The van der Waals surface area contributed by atoms with Gasteiger partial charge in [-0.2, -0.15) is 0 Å². The summed E-state index contributed by atoms with van der Waals surface area (Å²) in [5.74, 6) is 0.192. The molecule has 0 atom stereocenters. The molecule has 0 bridgehead atoms. The Morgan fingerprint density at radius 1 is 1.03 bits per heavy atom. The van der Waals surface area contributed by atoms with Crippen molar-refractivity contribution in [2.75, 3.05) is 36.8 Å². The van der Waals surface area contributed by atoms with Gasteiger partial charge in [-0.25, -0.2) is 23.7 Å². The molecule has 1 aromatic carbocycles. The Labute approximate surface area is 211 Å². The number of thiazole rings is 1. The summed E-state index contributed by atoms with van der Waals surface area (Å²) in [6.07, 6.45) is 1.85. The number of pyridine rings is 2. The number of piperazine rings is 1. The van der Waals surface area contributed by atoms with Crippen LogP contribution in [0.3, 0.4) is 0 Å². The number of nitrogens with zero attached hydrogens (tertiary/aromatic N) is 5. The minimum absolute atomic E-state index is 0.129. The number of benzene rings is 1. The van der Waals surface area contributed by atoms with Gasteiger partial charge < -0.3 is 15.5 Å². The van der Waals surface area contributed by atoms with Crippen LogP contribution in [0, 0.1) is 11.6 Å². The first-order valence-corrected chi connectivity index (χ1v) is 12.4. The predicted molar refractivity (Wildman–Crippen MR) is 136 cm³/mol. The third kappa shape index (κ3) is 5.74. The molecule has 0 radical (unpaired) electrons. The number of aromatic nitrogens is 3. The molecule has 2 N–H and O–H groups in total. The highest BCUT2D eigenvalue weighted by atomic mass is 32.1. The molecule has 186 valence electrons. The SMILES string of the molecule is CC(=O)N1CCN(Cc2ccc(Nc3nc4ccc(NCc5ccc(F)cc5F)nc4s3)nc2)CC1. The summed E-state index contributed by atoms with van der Waals surface area (Å²) in [7, 11) is 0. The van der Waals surface area contributed by atoms with Crippen LogP contribution in [0.2, 0.25) is 0 Å². The zero-order valence-corrected chi connectivity index (χ0v) is 20.5. The Morgan fingerprint density at radius 2 is 1.83 bits per heavy atom. The van der Waals surface area contributed by atoms with Gasteiger partial charge in [0.05, 0.1) is 0 Å². The molecule has 0 aliphatic carbocycles. The molecule has 4 aromatic rings. The molecular weight excluding hydrogens is 484 g/mol. The monoisotopic (exact) mass is 509 g/mol. The summed E-state index contributed by atoms with van der Waals surface area (Å²) in [5, 5.41) is 6.96. The molecule has 8 nitrogen and oxygen atoms in total. The topological polar surface area (TPSA) is 86.3 Å². The highest BCUT2D eigenvalue weighted by Crippen LogP contribution is 2.28. The van der Waals surface area contributed by atoms with Gasteiger partial charge >= 0.3 is 0 Å². The Bertz CT molecular complexity index is 1370. The van der Waals surface area contributed by atoms with Gasteiger partial charge in [0.15, 0.2) is 5.13 Å².